The van der Waals surface area contributed by atoms with Gasteiger partial charge in [0.05, 0.1) is 17.8 Å². The van der Waals surface area contributed by atoms with Gasteiger partial charge in [0, 0.05) is 37.1 Å². The van der Waals surface area contributed by atoms with Crippen molar-refractivity contribution in [2.45, 2.75) is 32.4 Å². The Morgan fingerprint density at radius 2 is 1.82 bits per heavy atom. The normalized spacial score (nSPS) is 13.9. The topological polar surface area (TPSA) is 73.0 Å². The fraction of sp³-hybridized carbons (Fsp3) is 0.219. The van der Waals surface area contributed by atoms with E-state index in [9.17, 15) is 4.39 Å². The zero-order valence-electron chi connectivity index (χ0n) is 22.2. The number of imidazole rings is 1. The maximum atomic E-state index is 14.9. The number of halogens is 1. The molecular formula is C32H29FN6O. The number of benzene rings is 3. The highest BCUT2D eigenvalue weighted by Gasteiger charge is 2.25. The number of hydrogen-bond donors (Lipinski definition) is 1. The van der Waals surface area contributed by atoms with Crippen molar-refractivity contribution >= 4 is 17.3 Å². The van der Waals surface area contributed by atoms with Crippen molar-refractivity contribution < 1.29 is 9.13 Å². The molecule has 1 aliphatic heterocycles. The van der Waals surface area contributed by atoms with Gasteiger partial charge in [0.25, 0.3) is 0 Å². The van der Waals surface area contributed by atoms with Gasteiger partial charge >= 0.3 is 0 Å². The molecule has 0 amide bonds. The van der Waals surface area contributed by atoms with Gasteiger partial charge in [0.1, 0.15) is 23.8 Å². The zero-order chi connectivity index (χ0) is 27.6. The molecular weight excluding hydrogens is 503 g/mol. The Balaban J connectivity index is 1.51. The van der Waals surface area contributed by atoms with Gasteiger partial charge in [-0.15, -0.1) is 0 Å². The van der Waals surface area contributed by atoms with E-state index in [1.54, 1.807) is 12.3 Å². The van der Waals surface area contributed by atoms with Crippen LogP contribution in [-0.2, 0) is 6.61 Å². The van der Waals surface area contributed by atoms with Crippen LogP contribution in [0.3, 0.4) is 0 Å². The fourth-order valence-electron chi connectivity index (χ4n) is 5.15. The summed E-state index contributed by atoms with van der Waals surface area (Å²) in [7, 11) is 0. The summed E-state index contributed by atoms with van der Waals surface area (Å²) in [6, 6.07) is 20.9. The number of nitrogens with zero attached hydrogens (tertiary/aromatic N) is 5. The standard InChI is InChI=1S/C32H29FN6O/c1-21-8-9-23(19-28(21)40-20-22-6-4-3-5-7-22)29-30(24-10-11-27(35-2)26(33)18-24)37-32(39-17-14-36-31(29)39)38-15-12-25(34)13-16-38/h3-11,14,17-19,25H,12-13,15-16,20,34H2,1H3. The lowest BCUT2D eigenvalue weighted by Crippen LogP contribution is -2.40. The molecule has 1 aliphatic rings. The first-order chi connectivity index (χ1) is 19.5. The molecule has 3 heterocycles. The molecule has 0 aliphatic carbocycles. The van der Waals surface area contributed by atoms with Crippen molar-refractivity contribution in [3.05, 3.63) is 107 Å². The second-order valence-corrected chi connectivity index (χ2v) is 10.1. The molecule has 0 spiro atoms. The van der Waals surface area contributed by atoms with Crippen molar-refractivity contribution in [3.8, 4) is 28.1 Å². The van der Waals surface area contributed by atoms with E-state index in [1.807, 2.05) is 66.1 Å². The average Bonchev–Trinajstić information content (AvgIpc) is 3.47. The first-order valence-electron chi connectivity index (χ1n) is 13.3. The van der Waals surface area contributed by atoms with Gasteiger partial charge in [-0.05, 0) is 48.6 Å². The van der Waals surface area contributed by atoms with Gasteiger partial charge in [-0.2, -0.15) is 0 Å². The second kappa shape index (κ2) is 10.8. The Labute approximate surface area is 232 Å². The molecule has 40 heavy (non-hydrogen) atoms. The molecule has 8 heteroatoms. The highest BCUT2D eigenvalue weighted by atomic mass is 19.1. The van der Waals surface area contributed by atoms with E-state index in [1.165, 1.54) is 12.1 Å². The number of rotatable bonds is 6. The molecule has 3 aromatic carbocycles. The van der Waals surface area contributed by atoms with Gasteiger partial charge in [-0.25, -0.2) is 19.2 Å². The monoisotopic (exact) mass is 532 g/mol. The van der Waals surface area contributed by atoms with Gasteiger partial charge in [-0.1, -0.05) is 54.6 Å². The Bertz CT molecular complexity index is 1720. The lowest BCUT2D eigenvalue weighted by molar-refractivity contribution is 0.304. The summed E-state index contributed by atoms with van der Waals surface area (Å²) >= 11 is 0. The lowest BCUT2D eigenvalue weighted by atomic mass is 9.98. The highest BCUT2D eigenvalue weighted by molar-refractivity contribution is 5.91. The summed E-state index contributed by atoms with van der Waals surface area (Å²) in [5.41, 5.74) is 11.7. The SMILES string of the molecule is [C-]#[N+]c1ccc(-c2nc(N3CCC(N)CC3)n3ccnc3c2-c2ccc(C)c(OCc3ccccc3)c2)cc1F. The van der Waals surface area contributed by atoms with Crippen molar-refractivity contribution in [1.82, 2.24) is 14.4 Å². The van der Waals surface area contributed by atoms with Crippen LogP contribution < -0.4 is 15.4 Å². The minimum atomic E-state index is -0.579. The van der Waals surface area contributed by atoms with E-state index in [4.69, 9.17) is 27.0 Å². The molecule has 200 valence electrons. The van der Waals surface area contributed by atoms with E-state index in [0.29, 0.717) is 23.5 Å². The van der Waals surface area contributed by atoms with Crippen molar-refractivity contribution in [3.63, 3.8) is 0 Å². The Morgan fingerprint density at radius 3 is 2.58 bits per heavy atom. The Kier molecular flexibility index (Phi) is 6.89. The minimum Gasteiger partial charge on any atom is -0.489 e. The minimum absolute atomic E-state index is 0.0237. The molecule has 6 rings (SSSR count). The van der Waals surface area contributed by atoms with Crippen LogP contribution in [0, 0.1) is 19.3 Å². The number of nitrogens with two attached hydrogens (primary N) is 1. The zero-order valence-corrected chi connectivity index (χ0v) is 22.2. The first-order valence-corrected chi connectivity index (χ1v) is 13.3. The number of piperidine rings is 1. The molecule has 2 aromatic heterocycles. The lowest BCUT2D eigenvalue weighted by Gasteiger charge is -2.32. The van der Waals surface area contributed by atoms with Crippen LogP contribution in [0.5, 0.6) is 5.75 Å². The summed E-state index contributed by atoms with van der Waals surface area (Å²) < 4.78 is 23.1. The van der Waals surface area contributed by atoms with Crippen LogP contribution in [-0.4, -0.2) is 33.5 Å². The maximum absolute atomic E-state index is 14.9. The Morgan fingerprint density at radius 1 is 1.05 bits per heavy atom. The molecule has 0 radical (unpaired) electrons. The molecule has 5 aromatic rings. The number of fused-ring (bicyclic) bond motifs is 1. The van der Waals surface area contributed by atoms with Crippen LogP contribution >= 0.6 is 0 Å². The maximum Gasteiger partial charge on any atom is 0.222 e. The quantitative estimate of drug-likeness (QED) is 0.251. The summed E-state index contributed by atoms with van der Waals surface area (Å²) in [6.07, 6.45) is 5.39. The van der Waals surface area contributed by atoms with Crippen LogP contribution in [0.25, 0.3) is 32.9 Å². The van der Waals surface area contributed by atoms with E-state index in [-0.39, 0.29) is 11.7 Å². The molecule has 0 saturated carbocycles. The van der Waals surface area contributed by atoms with Crippen LogP contribution in [0.15, 0.2) is 79.1 Å². The molecule has 0 unspecified atom stereocenters. The fourth-order valence-corrected chi connectivity index (χ4v) is 5.15. The van der Waals surface area contributed by atoms with E-state index in [2.05, 4.69) is 9.74 Å². The number of aromatic nitrogens is 3. The van der Waals surface area contributed by atoms with Gasteiger partial charge in [-0.3, -0.25) is 4.40 Å². The number of hydrogen-bond acceptors (Lipinski definition) is 5. The van der Waals surface area contributed by atoms with Crippen molar-refractivity contribution in [2.75, 3.05) is 18.0 Å². The third-order valence-electron chi connectivity index (χ3n) is 7.41. The highest BCUT2D eigenvalue weighted by Crippen LogP contribution is 2.39. The summed E-state index contributed by atoms with van der Waals surface area (Å²) in [5.74, 6) is 0.908. The van der Waals surface area contributed by atoms with Gasteiger partial charge in [0.15, 0.2) is 0 Å². The average molecular weight is 533 g/mol. The van der Waals surface area contributed by atoms with Crippen LogP contribution in [0.2, 0.25) is 0 Å². The van der Waals surface area contributed by atoms with E-state index in [0.717, 1.165) is 59.9 Å². The molecule has 1 fully saturated rings. The predicted octanol–water partition coefficient (Wildman–Crippen LogP) is 6.57. The first kappa shape index (κ1) is 25.5. The summed E-state index contributed by atoms with van der Waals surface area (Å²) in [6.45, 7) is 11.3. The Hall–Kier alpha value is -4.74. The van der Waals surface area contributed by atoms with Crippen LogP contribution in [0.4, 0.5) is 16.0 Å². The predicted molar refractivity (Wildman–Crippen MR) is 155 cm³/mol. The number of ether oxygens (including phenoxy) is 1. The third-order valence-corrected chi connectivity index (χ3v) is 7.41. The van der Waals surface area contributed by atoms with Crippen LogP contribution in [0.1, 0.15) is 24.0 Å². The molecule has 0 bridgehead atoms. The second-order valence-electron chi connectivity index (χ2n) is 10.1. The summed E-state index contributed by atoms with van der Waals surface area (Å²) in [4.78, 5) is 15.4. The smallest absolute Gasteiger partial charge is 0.222 e. The molecule has 1 saturated heterocycles. The largest absolute Gasteiger partial charge is 0.489 e. The van der Waals surface area contributed by atoms with Gasteiger partial charge < -0.3 is 15.4 Å². The molecule has 2 N–H and O–H groups in total. The van der Waals surface area contributed by atoms with E-state index >= 15 is 0 Å². The molecule has 7 nitrogen and oxygen atoms in total. The van der Waals surface area contributed by atoms with Crippen molar-refractivity contribution in [2.24, 2.45) is 5.73 Å². The van der Waals surface area contributed by atoms with Crippen molar-refractivity contribution in [1.29, 1.82) is 0 Å². The third kappa shape index (κ3) is 4.88. The number of aryl methyl sites for hydroxylation is 1. The number of anilines is 1. The summed E-state index contributed by atoms with van der Waals surface area (Å²) in [5, 5.41) is 0. The van der Waals surface area contributed by atoms with Gasteiger partial charge in [0.2, 0.25) is 11.6 Å². The van der Waals surface area contributed by atoms with E-state index < -0.39 is 5.82 Å². The molecule has 0 atom stereocenters.